The van der Waals surface area contributed by atoms with Crippen molar-refractivity contribution in [2.75, 3.05) is 0 Å². The van der Waals surface area contributed by atoms with Crippen LogP contribution in [0.5, 0.6) is 0 Å². The van der Waals surface area contributed by atoms with E-state index in [-0.39, 0.29) is 4.90 Å². The minimum Gasteiger partial charge on any atom is -0.313 e. The third-order valence-electron chi connectivity index (χ3n) is 7.71. The van der Waals surface area contributed by atoms with Crippen LogP contribution >= 0.6 is 7.14 Å². The highest BCUT2D eigenvalue weighted by atomic mass is 32.2. The molecule has 0 aliphatic carbocycles. The van der Waals surface area contributed by atoms with E-state index in [1.807, 2.05) is 129 Å². The summed E-state index contributed by atoms with van der Waals surface area (Å²) in [6.45, 7) is 3.87. The summed E-state index contributed by atoms with van der Waals surface area (Å²) in [5, 5.41) is 2.15. The number of aromatic nitrogens is 1. The molecule has 0 bridgehead atoms. The summed E-state index contributed by atoms with van der Waals surface area (Å²) in [6.07, 6.45) is 0. The SMILES string of the molecule is Cc1ccc(S(=O)(=O)n2c(C(c3ccccc3)P(=O)(c3ccccc3)c3ccccc3)c(C)c3ccccc32)cc1. The van der Waals surface area contributed by atoms with Gasteiger partial charge in [-0.15, -0.1) is 0 Å². The third kappa shape index (κ3) is 4.56. The van der Waals surface area contributed by atoms with Gasteiger partial charge in [0.1, 0.15) is 0 Å². The van der Waals surface area contributed by atoms with Gasteiger partial charge in [-0.05, 0) is 43.2 Å². The average molecular weight is 576 g/mol. The first kappa shape index (κ1) is 27.0. The molecule has 6 rings (SSSR count). The Morgan fingerprint density at radius 2 is 1.10 bits per heavy atom. The second kappa shape index (κ2) is 10.7. The normalized spacial score (nSPS) is 12.8. The third-order valence-corrected chi connectivity index (χ3v) is 12.8. The van der Waals surface area contributed by atoms with E-state index in [1.54, 1.807) is 24.3 Å². The van der Waals surface area contributed by atoms with Crippen LogP contribution in [0.15, 0.2) is 144 Å². The molecule has 1 atom stereocenters. The molecule has 0 saturated carbocycles. The standard InChI is InChI=1S/C35H30NO3PS/c1-26-22-24-31(25-23-26)41(38,39)36-33-21-13-12-20-32(33)27(2)34(36)35(28-14-6-3-7-15-28)40(37,29-16-8-4-9-17-29)30-18-10-5-11-19-30/h3-25,35H,1-2H3. The molecule has 204 valence electrons. The fourth-order valence-corrected chi connectivity index (χ4v) is 10.8. The number of hydrogen-bond donors (Lipinski definition) is 0. The van der Waals surface area contributed by atoms with E-state index in [0.29, 0.717) is 21.8 Å². The zero-order valence-corrected chi connectivity index (χ0v) is 24.6. The largest absolute Gasteiger partial charge is 0.313 e. The van der Waals surface area contributed by atoms with E-state index in [1.165, 1.54) is 3.97 Å². The molecule has 0 saturated heterocycles. The lowest BCUT2D eigenvalue weighted by Gasteiger charge is -2.31. The lowest BCUT2D eigenvalue weighted by atomic mass is 10.1. The number of hydrogen-bond acceptors (Lipinski definition) is 3. The molecule has 0 N–H and O–H groups in total. The summed E-state index contributed by atoms with van der Waals surface area (Å²) in [5.74, 6) is 0. The molecule has 0 amide bonds. The van der Waals surface area contributed by atoms with Crippen molar-refractivity contribution < 1.29 is 13.0 Å². The zero-order chi connectivity index (χ0) is 28.6. The van der Waals surface area contributed by atoms with Crippen molar-refractivity contribution in [1.82, 2.24) is 3.97 Å². The quantitative estimate of drug-likeness (QED) is 0.184. The molecule has 6 heteroatoms. The van der Waals surface area contributed by atoms with Crippen molar-refractivity contribution in [2.45, 2.75) is 24.4 Å². The second-order valence-corrected chi connectivity index (χ2v) is 14.9. The van der Waals surface area contributed by atoms with E-state index in [9.17, 15) is 8.42 Å². The number of aryl methyl sites for hydroxylation is 2. The van der Waals surface area contributed by atoms with E-state index >= 15 is 4.57 Å². The Labute approximate surface area is 241 Å². The molecule has 1 heterocycles. The summed E-state index contributed by atoms with van der Waals surface area (Å²) in [5.41, 5.74) is 2.84. The molecule has 0 radical (unpaired) electrons. The number of rotatable bonds is 7. The van der Waals surface area contributed by atoms with E-state index in [2.05, 4.69) is 0 Å². The average Bonchev–Trinajstić information content (AvgIpc) is 3.31. The second-order valence-electron chi connectivity index (χ2n) is 10.3. The summed E-state index contributed by atoms with van der Waals surface area (Å²) >= 11 is 0. The molecule has 1 unspecified atom stereocenters. The Balaban J connectivity index is 1.78. The number of benzene rings is 5. The Morgan fingerprint density at radius 3 is 1.66 bits per heavy atom. The summed E-state index contributed by atoms with van der Waals surface area (Å²) < 4.78 is 46.6. The van der Waals surface area contributed by atoms with E-state index < -0.39 is 22.8 Å². The Hall–Kier alpha value is -4.18. The first-order chi connectivity index (χ1) is 19.8. The molecule has 0 fully saturated rings. The van der Waals surface area contributed by atoms with Gasteiger partial charge in [-0.2, -0.15) is 0 Å². The van der Waals surface area contributed by atoms with Gasteiger partial charge in [0.05, 0.1) is 21.8 Å². The van der Waals surface area contributed by atoms with Crippen LogP contribution in [0.2, 0.25) is 0 Å². The Morgan fingerprint density at radius 1 is 0.610 bits per heavy atom. The van der Waals surface area contributed by atoms with E-state index in [4.69, 9.17) is 0 Å². The lowest BCUT2D eigenvalue weighted by Crippen LogP contribution is -2.26. The van der Waals surface area contributed by atoms with Gasteiger partial charge < -0.3 is 4.57 Å². The zero-order valence-electron chi connectivity index (χ0n) is 22.9. The molecule has 0 aliphatic heterocycles. The van der Waals surface area contributed by atoms with Gasteiger partial charge in [0.2, 0.25) is 0 Å². The van der Waals surface area contributed by atoms with Gasteiger partial charge in [-0.1, -0.05) is 127 Å². The van der Waals surface area contributed by atoms with Crippen molar-refractivity contribution >= 4 is 38.7 Å². The van der Waals surface area contributed by atoms with Gasteiger partial charge in [0, 0.05) is 16.0 Å². The molecule has 1 aromatic heterocycles. The molecule has 0 aliphatic rings. The molecule has 4 nitrogen and oxygen atoms in total. The predicted octanol–water partition coefficient (Wildman–Crippen LogP) is 7.60. The predicted molar refractivity (Wildman–Crippen MR) is 168 cm³/mol. The minimum atomic E-state index is -4.07. The van der Waals surface area contributed by atoms with Crippen molar-refractivity contribution in [1.29, 1.82) is 0 Å². The van der Waals surface area contributed by atoms with E-state index in [0.717, 1.165) is 22.1 Å². The van der Waals surface area contributed by atoms with Crippen molar-refractivity contribution in [3.05, 3.63) is 162 Å². The number of nitrogens with zero attached hydrogens (tertiary/aromatic N) is 1. The van der Waals surface area contributed by atoms with Crippen LogP contribution in [-0.2, 0) is 14.6 Å². The molecular formula is C35H30NO3PS. The van der Waals surface area contributed by atoms with Gasteiger partial charge in [-0.25, -0.2) is 12.4 Å². The minimum absolute atomic E-state index is 0.186. The van der Waals surface area contributed by atoms with Crippen LogP contribution in [0.25, 0.3) is 10.9 Å². The van der Waals surface area contributed by atoms with Crippen molar-refractivity contribution in [2.24, 2.45) is 0 Å². The van der Waals surface area contributed by atoms with Crippen LogP contribution in [0.4, 0.5) is 0 Å². The van der Waals surface area contributed by atoms with Gasteiger partial charge in [0.15, 0.2) is 7.14 Å². The van der Waals surface area contributed by atoms with Gasteiger partial charge in [0.25, 0.3) is 10.0 Å². The summed E-state index contributed by atoms with van der Waals surface area (Å²) in [6, 6.07) is 43.0. The van der Waals surface area contributed by atoms with Gasteiger partial charge >= 0.3 is 0 Å². The van der Waals surface area contributed by atoms with Crippen LogP contribution in [0.1, 0.15) is 28.0 Å². The van der Waals surface area contributed by atoms with Crippen LogP contribution in [0, 0.1) is 13.8 Å². The molecule has 0 spiro atoms. The molecule has 41 heavy (non-hydrogen) atoms. The fraction of sp³-hybridized carbons (Fsp3) is 0.0857. The first-order valence-corrected chi connectivity index (χ1v) is 16.7. The maximum absolute atomic E-state index is 16.0. The Kier molecular flexibility index (Phi) is 7.03. The van der Waals surface area contributed by atoms with Crippen LogP contribution < -0.4 is 10.6 Å². The Bertz CT molecular complexity index is 1940. The van der Waals surface area contributed by atoms with Crippen LogP contribution in [-0.4, -0.2) is 12.4 Å². The first-order valence-electron chi connectivity index (χ1n) is 13.5. The lowest BCUT2D eigenvalue weighted by molar-refractivity contribution is 0.579. The van der Waals surface area contributed by atoms with Gasteiger partial charge in [-0.3, -0.25) is 0 Å². The summed E-state index contributed by atoms with van der Waals surface area (Å²) in [4.78, 5) is 0.186. The van der Waals surface area contributed by atoms with Crippen molar-refractivity contribution in [3.63, 3.8) is 0 Å². The van der Waals surface area contributed by atoms with Crippen LogP contribution in [0.3, 0.4) is 0 Å². The summed E-state index contributed by atoms with van der Waals surface area (Å²) in [7, 11) is -7.62. The molecule has 6 aromatic rings. The smallest absolute Gasteiger partial charge is 0.268 e. The highest BCUT2D eigenvalue weighted by Crippen LogP contribution is 2.61. The highest BCUT2D eigenvalue weighted by molar-refractivity contribution is 7.90. The number of fused-ring (bicyclic) bond motifs is 1. The molecular weight excluding hydrogens is 545 g/mol. The van der Waals surface area contributed by atoms with Crippen molar-refractivity contribution in [3.8, 4) is 0 Å². The topological polar surface area (TPSA) is 56.1 Å². The highest BCUT2D eigenvalue weighted by Gasteiger charge is 2.43. The monoisotopic (exact) mass is 575 g/mol. The fourth-order valence-electron chi connectivity index (χ4n) is 5.70. The maximum atomic E-state index is 16.0. The number of para-hydroxylation sites is 1. The molecule has 5 aromatic carbocycles. The maximum Gasteiger partial charge on any atom is 0.268 e.